The Bertz CT molecular complexity index is 724. The molecule has 0 saturated heterocycles. The molecule has 2 rings (SSSR count). The highest BCUT2D eigenvalue weighted by molar-refractivity contribution is 5.67. The molecule has 0 atom stereocenters. The van der Waals surface area contributed by atoms with Gasteiger partial charge in [-0.25, -0.2) is 0 Å². The van der Waals surface area contributed by atoms with Crippen LogP contribution in [0.4, 0.5) is 0 Å². The van der Waals surface area contributed by atoms with E-state index in [9.17, 15) is 4.79 Å². The second-order valence-corrected chi connectivity index (χ2v) is 5.81. The summed E-state index contributed by atoms with van der Waals surface area (Å²) in [7, 11) is 1.58. The number of hydrogen-bond acceptors (Lipinski definition) is 4. The molecule has 5 heteroatoms. The average molecular weight is 344 g/mol. The van der Waals surface area contributed by atoms with Gasteiger partial charge in [-0.2, -0.15) is 0 Å². The minimum atomic E-state index is -0.833. The predicted molar refractivity (Wildman–Crippen MR) is 95.9 cm³/mol. The lowest BCUT2D eigenvalue weighted by Crippen LogP contribution is -2.10. The second kappa shape index (κ2) is 8.97. The Morgan fingerprint density at radius 3 is 2.36 bits per heavy atom. The summed E-state index contributed by atoms with van der Waals surface area (Å²) in [5.41, 5.74) is 3.25. The van der Waals surface area contributed by atoms with E-state index in [1.807, 2.05) is 31.2 Å². The minimum Gasteiger partial charge on any atom is -0.497 e. The van der Waals surface area contributed by atoms with Crippen LogP contribution in [-0.4, -0.2) is 31.4 Å². The molecule has 0 aliphatic heterocycles. The topological polar surface area (TPSA) is 65.0 Å². The number of aliphatic carboxylic acids is 1. The Morgan fingerprint density at radius 1 is 0.960 bits per heavy atom. The van der Waals surface area contributed by atoms with Crippen molar-refractivity contribution in [3.8, 4) is 17.2 Å². The minimum absolute atomic E-state index is 0.0574. The van der Waals surface area contributed by atoms with Gasteiger partial charge >= 0.3 is 5.97 Å². The van der Waals surface area contributed by atoms with E-state index in [-0.39, 0.29) is 6.42 Å². The van der Waals surface area contributed by atoms with Crippen molar-refractivity contribution in [2.75, 3.05) is 20.3 Å². The van der Waals surface area contributed by atoms with Crippen LogP contribution in [0.2, 0.25) is 0 Å². The van der Waals surface area contributed by atoms with Crippen LogP contribution >= 0.6 is 0 Å². The SMILES string of the molecule is COc1ccc(CCC(=O)O)c(OCCOc2ccc(C)c(C)c2)c1. The summed E-state index contributed by atoms with van der Waals surface area (Å²) in [6, 6.07) is 11.4. The molecule has 0 spiro atoms. The van der Waals surface area contributed by atoms with Gasteiger partial charge in [-0.1, -0.05) is 12.1 Å². The van der Waals surface area contributed by atoms with Crippen molar-refractivity contribution in [2.24, 2.45) is 0 Å². The van der Waals surface area contributed by atoms with Crippen LogP contribution < -0.4 is 14.2 Å². The normalized spacial score (nSPS) is 10.4. The Kier molecular flexibility index (Phi) is 6.69. The van der Waals surface area contributed by atoms with Gasteiger partial charge in [0, 0.05) is 12.5 Å². The first kappa shape index (κ1) is 18.6. The molecule has 1 N–H and O–H groups in total. The van der Waals surface area contributed by atoms with Crippen LogP contribution in [0.25, 0.3) is 0 Å². The first-order chi connectivity index (χ1) is 12.0. The number of benzene rings is 2. The number of rotatable bonds is 9. The second-order valence-electron chi connectivity index (χ2n) is 5.81. The molecular formula is C20H24O5. The van der Waals surface area contributed by atoms with E-state index >= 15 is 0 Å². The summed E-state index contributed by atoms with van der Waals surface area (Å²) >= 11 is 0. The Hall–Kier alpha value is -2.69. The Labute approximate surface area is 148 Å². The Balaban J connectivity index is 1.93. The third kappa shape index (κ3) is 5.71. The molecule has 0 aliphatic rings. The quantitative estimate of drug-likeness (QED) is 0.701. The molecule has 0 fully saturated rings. The predicted octanol–water partition coefficient (Wildman–Crippen LogP) is 3.79. The molecule has 0 aromatic heterocycles. The zero-order valence-corrected chi connectivity index (χ0v) is 14.9. The van der Waals surface area contributed by atoms with Crippen LogP contribution in [0.15, 0.2) is 36.4 Å². The van der Waals surface area contributed by atoms with Gasteiger partial charge in [-0.05, 0) is 55.2 Å². The molecule has 0 heterocycles. The third-order valence-electron chi connectivity index (χ3n) is 3.97. The van der Waals surface area contributed by atoms with Crippen molar-refractivity contribution in [3.63, 3.8) is 0 Å². The van der Waals surface area contributed by atoms with Crippen molar-refractivity contribution < 1.29 is 24.1 Å². The van der Waals surface area contributed by atoms with Gasteiger partial charge in [0.05, 0.1) is 7.11 Å². The lowest BCUT2D eigenvalue weighted by Gasteiger charge is -2.13. The number of carbonyl (C=O) groups is 1. The average Bonchev–Trinajstić information content (AvgIpc) is 2.60. The molecule has 5 nitrogen and oxygen atoms in total. The van der Waals surface area contributed by atoms with Crippen LogP contribution in [0.1, 0.15) is 23.1 Å². The standard InChI is InChI=1S/C20H24O5/c1-14-4-7-18(12-15(14)2)24-10-11-25-19-13-17(23-3)8-5-16(19)6-9-20(21)22/h4-5,7-8,12-13H,6,9-11H2,1-3H3,(H,21,22). The third-order valence-corrected chi connectivity index (χ3v) is 3.97. The smallest absolute Gasteiger partial charge is 0.303 e. The molecule has 2 aromatic rings. The van der Waals surface area contributed by atoms with Crippen LogP contribution in [0.3, 0.4) is 0 Å². The number of aryl methyl sites for hydroxylation is 3. The molecule has 0 saturated carbocycles. The van der Waals surface area contributed by atoms with Crippen molar-refractivity contribution in [1.82, 2.24) is 0 Å². The highest BCUT2D eigenvalue weighted by Gasteiger charge is 2.08. The van der Waals surface area contributed by atoms with E-state index in [4.69, 9.17) is 19.3 Å². The van der Waals surface area contributed by atoms with E-state index in [1.165, 1.54) is 11.1 Å². The van der Waals surface area contributed by atoms with Crippen molar-refractivity contribution in [1.29, 1.82) is 0 Å². The van der Waals surface area contributed by atoms with Gasteiger partial charge in [0.15, 0.2) is 0 Å². The molecule has 25 heavy (non-hydrogen) atoms. The van der Waals surface area contributed by atoms with E-state index in [1.54, 1.807) is 19.2 Å². The number of carboxylic acids is 1. The van der Waals surface area contributed by atoms with Crippen LogP contribution in [-0.2, 0) is 11.2 Å². The van der Waals surface area contributed by atoms with Crippen molar-refractivity contribution in [3.05, 3.63) is 53.1 Å². The highest BCUT2D eigenvalue weighted by Crippen LogP contribution is 2.26. The zero-order chi connectivity index (χ0) is 18.2. The van der Waals surface area contributed by atoms with Gasteiger partial charge in [0.2, 0.25) is 0 Å². The van der Waals surface area contributed by atoms with Crippen LogP contribution in [0.5, 0.6) is 17.2 Å². The number of ether oxygens (including phenoxy) is 3. The maximum absolute atomic E-state index is 10.8. The van der Waals surface area contributed by atoms with E-state index in [0.29, 0.717) is 31.1 Å². The van der Waals surface area contributed by atoms with E-state index in [0.717, 1.165) is 11.3 Å². The highest BCUT2D eigenvalue weighted by atomic mass is 16.5. The van der Waals surface area contributed by atoms with Gasteiger partial charge in [-0.15, -0.1) is 0 Å². The zero-order valence-electron chi connectivity index (χ0n) is 14.9. The summed E-state index contributed by atoms with van der Waals surface area (Å²) in [5.74, 6) is 1.27. The molecule has 0 bridgehead atoms. The van der Waals surface area contributed by atoms with E-state index < -0.39 is 5.97 Å². The maximum Gasteiger partial charge on any atom is 0.303 e. The Morgan fingerprint density at radius 2 is 1.68 bits per heavy atom. The molecule has 134 valence electrons. The van der Waals surface area contributed by atoms with Gasteiger partial charge in [0.1, 0.15) is 30.5 Å². The summed E-state index contributed by atoms with van der Waals surface area (Å²) in [4.78, 5) is 10.8. The van der Waals surface area contributed by atoms with Crippen molar-refractivity contribution >= 4 is 5.97 Å². The largest absolute Gasteiger partial charge is 0.497 e. The molecule has 0 amide bonds. The number of hydrogen-bond donors (Lipinski definition) is 1. The molecular weight excluding hydrogens is 320 g/mol. The number of carboxylic acid groups (broad SMARTS) is 1. The first-order valence-electron chi connectivity index (χ1n) is 8.21. The fourth-order valence-electron chi connectivity index (χ4n) is 2.36. The molecule has 2 aromatic carbocycles. The van der Waals surface area contributed by atoms with E-state index in [2.05, 4.69) is 6.92 Å². The van der Waals surface area contributed by atoms with Crippen molar-refractivity contribution in [2.45, 2.75) is 26.7 Å². The summed E-state index contributed by atoms with van der Waals surface area (Å²) in [6.45, 7) is 4.87. The van der Waals surface area contributed by atoms with Gasteiger partial charge in [-0.3, -0.25) is 4.79 Å². The fourth-order valence-corrected chi connectivity index (χ4v) is 2.36. The summed E-state index contributed by atoms with van der Waals surface area (Å²) < 4.78 is 16.7. The monoisotopic (exact) mass is 344 g/mol. The van der Waals surface area contributed by atoms with Gasteiger partial charge in [0.25, 0.3) is 0 Å². The molecule has 0 unspecified atom stereocenters. The van der Waals surface area contributed by atoms with Crippen LogP contribution in [0, 0.1) is 13.8 Å². The lowest BCUT2D eigenvalue weighted by atomic mass is 10.1. The van der Waals surface area contributed by atoms with Gasteiger partial charge < -0.3 is 19.3 Å². The fraction of sp³-hybridized carbons (Fsp3) is 0.350. The summed E-state index contributed by atoms with van der Waals surface area (Å²) in [6.07, 6.45) is 0.467. The summed E-state index contributed by atoms with van der Waals surface area (Å²) in [5, 5.41) is 8.86. The first-order valence-corrected chi connectivity index (χ1v) is 8.21. The lowest BCUT2D eigenvalue weighted by molar-refractivity contribution is -0.136. The maximum atomic E-state index is 10.8. The molecule has 0 aliphatic carbocycles. The number of methoxy groups -OCH3 is 1. The molecule has 0 radical (unpaired) electrons.